The van der Waals surface area contributed by atoms with E-state index in [0.717, 1.165) is 110 Å². The minimum absolute atomic E-state index is 0.624. The molecule has 0 bridgehead atoms. The van der Waals surface area contributed by atoms with E-state index < -0.39 is 0 Å². The summed E-state index contributed by atoms with van der Waals surface area (Å²) in [6.45, 7) is 0. The molecule has 21 unspecified atom stereocenters. The Labute approximate surface area is 333 Å². The van der Waals surface area contributed by atoms with Crippen LogP contribution in [0, 0.1) is 71.0 Å². The van der Waals surface area contributed by atoms with E-state index in [0.29, 0.717) is 12.2 Å². The van der Waals surface area contributed by atoms with E-state index in [4.69, 9.17) is 4.74 Å². The molecule has 12 rings (SSSR count). The van der Waals surface area contributed by atoms with Gasteiger partial charge < -0.3 is 4.74 Å². The van der Waals surface area contributed by atoms with E-state index in [1.807, 2.05) is 0 Å². The number of hydrogen-bond acceptors (Lipinski definition) is 4. The van der Waals surface area contributed by atoms with Crippen molar-refractivity contribution in [2.24, 2.45) is 71.0 Å². The first-order valence-corrected chi connectivity index (χ1v) is 26.9. The summed E-state index contributed by atoms with van der Waals surface area (Å²) in [5, 5.41) is 3.92. The van der Waals surface area contributed by atoms with Gasteiger partial charge in [0, 0.05) is 45.0 Å². The minimum atomic E-state index is 0.624. The summed E-state index contributed by atoms with van der Waals surface area (Å²) in [6.07, 6.45) is 44.4. The average molecular weight is 760 g/mol. The van der Waals surface area contributed by atoms with Crippen LogP contribution in [-0.2, 0) is 4.74 Å². The molecule has 21 atom stereocenters. The van der Waals surface area contributed by atoms with E-state index >= 15 is 0 Å². The fourth-order valence-corrected chi connectivity index (χ4v) is 23.6. The van der Waals surface area contributed by atoms with Crippen LogP contribution in [0.15, 0.2) is 0 Å². The lowest BCUT2D eigenvalue weighted by Gasteiger charge is -2.55. The molecule has 3 aliphatic heterocycles. The molecule has 0 N–H and O–H groups in total. The third-order valence-electron chi connectivity index (χ3n) is 20.5. The van der Waals surface area contributed by atoms with Gasteiger partial charge in [0.05, 0.1) is 12.2 Å². The summed E-state index contributed by atoms with van der Waals surface area (Å²) in [6, 6.07) is 2.74. The zero-order valence-electron chi connectivity index (χ0n) is 33.6. The highest BCUT2D eigenvalue weighted by atomic mass is 32.2. The maximum Gasteiger partial charge on any atom is 0.0621 e. The quantitative estimate of drug-likeness (QED) is 0.283. The Morgan fingerprint density at radius 3 is 1.92 bits per heavy atom. The van der Waals surface area contributed by atoms with Gasteiger partial charge in [-0.2, -0.15) is 23.5 Å². The maximum absolute atomic E-state index is 6.93. The summed E-state index contributed by atoms with van der Waals surface area (Å²) in [5.74, 6) is 12.4. The van der Waals surface area contributed by atoms with Gasteiger partial charge in [-0.1, -0.05) is 77.0 Å². The third kappa shape index (κ3) is 5.94. The van der Waals surface area contributed by atoms with Gasteiger partial charge in [-0.25, -0.2) is 0 Å². The van der Waals surface area contributed by atoms with Crippen molar-refractivity contribution in [2.45, 2.75) is 231 Å². The van der Waals surface area contributed by atoms with Gasteiger partial charge in [0.2, 0.25) is 0 Å². The zero-order chi connectivity index (χ0) is 34.6. The van der Waals surface area contributed by atoms with Crippen molar-refractivity contribution in [1.82, 2.24) is 4.90 Å². The largest absolute Gasteiger partial charge is 0.374 e. The molecule has 3 heterocycles. The van der Waals surface area contributed by atoms with Gasteiger partial charge >= 0.3 is 0 Å². The average Bonchev–Trinajstić information content (AvgIpc) is 3.98. The smallest absolute Gasteiger partial charge is 0.0621 e. The van der Waals surface area contributed by atoms with Crippen LogP contribution in [0.5, 0.6) is 0 Å². The molecule has 0 aromatic rings. The van der Waals surface area contributed by atoms with Crippen molar-refractivity contribution in [3.05, 3.63) is 0 Å². The Balaban J connectivity index is 0.834. The molecule has 0 spiro atoms. The first-order valence-electron chi connectivity index (χ1n) is 25.0. The molecular weight excluding hydrogens is 683 g/mol. The Bertz CT molecular complexity index is 1260. The molecule has 0 radical (unpaired) electrons. The van der Waals surface area contributed by atoms with Crippen molar-refractivity contribution in [1.29, 1.82) is 0 Å². The minimum Gasteiger partial charge on any atom is -0.374 e. The van der Waals surface area contributed by atoms with Crippen LogP contribution in [0.2, 0.25) is 0 Å². The molecular formula is C49H77NOS2. The second-order valence-corrected chi connectivity index (χ2v) is 25.1. The Kier molecular flexibility index (Phi) is 9.87. The predicted molar refractivity (Wildman–Crippen MR) is 223 cm³/mol. The lowest BCUT2D eigenvalue weighted by Crippen LogP contribution is -2.60. The van der Waals surface area contributed by atoms with Gasteiger partial charge in [0.1, 0.15) is 0 Å². The number of ether oxygens (including phenoxy) is 1. The predicted octanol–water partition coefficient (Wildman–Crippen LogP) is 12.6. The van der Waals surface area contributed by atoms with Gasteiger partial charge in [0.15, 0.2) is 0 Å². The normalized spacial score (nSPS) is 57.3. The number of hydrogen-bond donors (Lipinski definition) is 0. The van der Waals surface area contributed by atoms with Crippen LogP contribution in [0.25, 0.3) is 0 Å². The highest BCUT2D eigenvalue weighted by Crippen LogP contribution is 2.65. The van der Waals surface area contributed by atoms with Crippen LogP contribution in [-0.4, -0.2) is 56.2 Å². The molecule has 0 aromatic carbocycles. The van der Waals surface area contributed by atoms with Crippen molar-refractivity contribution < 1.29 is 4.74 Å². The van der Waals surface area contributed by atoms with Crippen molar-refractivity contribution in [3.63, 3.8) is 0 Å². The summed E-state index contributed by atoms with van der Waals surface area (Å²) in [5.41, 5.74) is 0. The Hall–Kier alpha value is 0.620. The summed E-state index contributed by atoms with van der Waals surface area (Å²) < 4.78 is 6.93. The molecule has 53 heavy (non-hydrogen) atoms. The standard InChI is InChI=1S/C49H77NOS2/c1-2-14-32-30(11-1)28-40-34(32)18-9-21-41(40)50(42-22-10-20-36-35-15-4-6-24-45(35)52-48(36)42)31-13-7-12-29(27-31)33-17-8-19-37-38-25-26-44-46(49(38)53-47(33)37)39-16-3-5-23-43(39)51-44/h29-49H,1-28H2. The van der Waals surface area contributed by atoms with E-state index in [2.05, 4.69) is 28.4 Å². The van der Waals surface area contributed by atoms with Crippen molar-refractivity contribution in [2.75, 3.05) is 0 Å². The van der Waals surface area contributed by atoms with E-state index in [1.54, 1.807) is 128 Å². The number of fused-ring (bicyclic) bond motifs is 13. The number of nitrogens with zero attached hydrogens (tertiary/aromatic N) is 1. The highest BCUT2D eigenvalue weighted by Gasteiger charge is 2.61. The second-order valence-electron chi connectivity index (χ2n) is 22.4. The highest BCUT2D eigenvalue weighted by molar-refractivity contribution is 8.01. The Morgan fingerprint density at radius 2 is 1.00 bits per heavy atom. The summed E-state index contributed by atoms with van der Waals surface area (Å²) in [4.78, 5) is 3.55. The first-order chi connectivity index (χ1) is 26.3. The molecule has 9 aliphatic carbocycles. The first kappa shape index (κ1) is 35.6. The third-order valence-corrected chi connectivity index (χ3v) is 24.4. The summed E-state index contributed by atoms with van der Waals surface area (Å²) >= 11 is 5.23. The van der Waals surface area contributed by atoms with Gasteiger partial charge in [-0.3, -0.25) is 4.90 Å². The molecule has 2 nitrogen and oxygen atoms in total. The van der Waals surface area contributed by atoms with Crippen LogP contribution < -0.4 is 0 Å². The van der Waals surface area contributed by atoms with Gasteiger partial charge in [-0.05, 0) is 168 Å². The molecule has 296 valence electrons. The van der Waals surface area contributed by atoms with E-state index in [9.17, 15) is 0 Å². The molecule has 12 aliphatic rings. The monoisotopic (exact) mass is 760 g/mol. The van der Waals surface area contributed by atoms with Crippen LogP contribution in [0.3, 0.4) is 0 Å². The van der Waals surface area contributed by atoms with E-state index in [-0.39, 0.29) is 0 Å². The van der Waals surface area contributed by atoms with Gasteiger partial charge in [-0.15, -0.1) is 0 Å². The summed E-state index contributed by atoms with van der Waals surface area (Å²) in [7, 11) is 0. The van der Waals surface area contributed by atoms with Crippen LogP contribution in [0.4, 0.5) is 0 Å². The van der Waals surface area contributed by atoms with Crippen molar-refractivity contribution >= 4 is 23.5 Å². The molecule has 4 heteroatoms. The maximum atomic E-state index is 6.93. The second kappa shape index (κ2) is 14.7. The molecule has 0 aromatic heterocycles. The van der Waals surface area contributed by atoms with Gasteiger partial charge in [0.25, 0.3) is 0 Å². The fourth-order valence-electron chi connectivity index (χ4n) is 18.8. The SMILES string of the molecule is C1CCC2C(C1)CC1C2CCCC1N(C1CCCC(C2CCCC3C4CCC5OC6CCCCC6C5C4SC23)C1)C1CCCC2C3CCCCC3SC21. The van der Waals surface area contributed by atoms with Crippen LogP contribution >= 0.6 is 23.5 Å². The number of rotatable bonds is 4. The topological polar surface area (TPSA) is 12.5 Å². The molecule has 0 amide bonds. The van der Waals surface area contributed by atoms with Crippen LogP contribution in [0.1, 0.15) is 180 Å². The fraction of sp³-hybridized carbons (Fsp3) is 1.00. The lowest BCUT2D eigenvalue weighted by molar-refractivity contribution is -0.0373. The number of thioether (sulfide) groups is 2. The van der Waals surface area contributed by atoms with E-state index in [1.165, 1.54) is 51.4 Å². The van der Waals surface area contributed by atoms with Crippen molar-refractivity contribution in [3.8, 4) is 0 Å². The zero-order valence-corrected chi connectivity index (χ0v) is 35.2. The Morgan fingerprint density at radius 1 is 0.358 bits per heavy atom. The molecule has 3 saturated heterocycles. The molecule has 9 saturated carbocycles. The molecule has 12 fully saturated rings. The lowest BCUT2D eigenvalue weighted by atomic mass is 9.62.